The molecule has 0 aliphatic carbocycles. The summed E-state index contributed by atoms with van der Waals surface area (Å²) < 4.78 is 22.1. The van der Waals surface area contributed by atoms with Crippen molar-refractivity contribution in [3.8, 4) is 0 Å². The molecule has 2 rings (SSSR count). The van der Waals surface area contributed by atoms with Crippen molar-refractivity contribution in [2.75, 3.05) is 6.61 Å². The Morgan fingerprint density at radius 2 is 2.06 bits per heavy atom. The summed E-state index contributed by atoms with van der Waals surface area (Å²) >= 11 is 0. The fourth-order valence-corrected chi connectivity index (χ4v) is 1.33. The summed E-state index contributed by atoms with van der Waals surface area (Å²) in [7, 11) is 0. The maximum Gasteiger partial charge on any atom is 0.342 e. The van der Waals surface area contributed by atoms with Crippen LogP contribution < -0.4 is 0 Å². The number of benzene rings is 1. The van der Waals surface area contributed by atoms with Gasteiger partial charge in [0.05, 0.1) is 17.7 Å². The maximum atomic E-state index is 12.6. The van der Waals surface area contributed by atoms with Crippen molar-refractivity contribution in [1.82, 2.24) is 0 Å². The summed E-state index contributed by atoms with van der Waals surface area (Å²) in [5.74, 6) is -1.55. The van der Waals surface area contributed by atoms with Crippen molar-refractivity contribution in [2.45, 2.75) is 6.42 Å². The Morgan fingerprint density at radius 1 is 1.35 bits per heavy atom. The van der Waals surface area contributed by atoms with Crippen molar-refractivity contribution < 1.29 is 23.5 Å². The van der Waals surface area contributed by atoms with Crippen LogP contribution in [0, 0.1) is 5.82 Å². The lowest BCUT2D eigenvalue weighted by molar-refractivity contribution is -0.135. The van der Waals surface area contributed by atoms with E-state index >= 15 is 0 Å². The third-order valence-electron chi connectivity index (χ3n) is 2.25. The molecule has 88 valence electrons. The molecule has 17 heavy (non-hydrogen) atoms. The van der Waals surface area contributed by atoms with Gasteiger partial charge < -0.3 is 9.47 Å². The van der Waals surface area contributed by atoms with E-state index in [1.165, 1.54) is 12.1 Å². The van der Waals surface area contributed by atoms with Gasteiger partial charge in [0.15, 0.2) is 0 Å². The van der Waals surface area contributed by atoms with Gasteiger partial charge in [-0.05, 0) is 24.3 Å². The number of hydrogen-bond donors (Lipinski definition) is 0. The smallest absolute Gasteiger partial charge is 0.342 e. The molecule has 1 aliphatic rings. The molecule has 1 aliphatic heterocycles. The molecule has 0 bridgehead atoms. The predicted octanol–water partition coefficient (Wildman–Crippen LogP) is 1.81. The van der Waals surface area contributed by atoms with Crippen molar-refractivity contribution in [2.24, 2.45) is 0 Å². The number of carbonyl (C=O) groups excluding carboxylic acids is 2. The lowest BCUT2D eigenvalue weighted by atomic mass is 10.2. The Balaban J connectivity index is 2.02. The van der Waals surface area contributed by atoms with Crippen LogP contribution in [0.15, 0.2) is 36.1 Å². The first-order valence-corrected chi connectivity index (χ1v) is 4.99. The minimum absolute atomic E-state index is 0.217. The average Bonchev–Trinajstić information content (AvgIpc) is 2.73. The molecule has 5 heteroatoms. The van der Waals surface area contributed by atoms with E-state index in [2.05, 4.69) is 4.74 Å². The molecular formula is C12H9FO4. The molecule has 0 saturated carbocycles. The van der Waals surface area contributed by atoms with Crippen LogP contribution in [0.1, 0.15) is 16.8 Å². The first-order valence-electron chi connectivity index (χ1n) is 4.99. The molecule has 1 saturated heterocycles. The zero-order valence-corrected chi connectivity index (χ0v) is 8.81. The molecule has 0 unspecified atom stereocenters. The first-order chi connectivity index (χ1) is 8.16. The molecule has 0 spiro atoms. The largest absolute Gasteiger partial charge is 0.462 e. The van der Waals surface area contributed by atoms with Gasteiger partial charge in [0, 0.05) is 6.42 Å². The van der Waals surface area contributed by atoms with Gasteiger partial charge in [0.2, 0.25) is 0 Å². The fourth-order valence-electron chi connectivity index (χ4n) is 1.33. The summed E-state index contributed by atoms with van der Waals surface area (Å²) in [5, 5.41) is 0. The Hall–Kier alpha value is -2.17. The monoisotopic (exact) mass is 236 g/mol. The van der Waals surface area contributed by atoms with Crippen LogP contribution in [0.25, 0.3) is 0 Å². The molecule has 1 fully saturated rings. The first kappa shape index (κ1) is 11.3. The van der Waals surface area contributed by atoms with E-state index in [-0.39, 0.29) is 5.56 Å². The number of carbonyl (C=O) groups is 2. The van der Waals surface area contributed by atoms with Gasteiger partial charge in [0.1, 0.15) is 12.1 Å². The van der Waals surface area contributed by atoms with Gasteiger partial charge >= 0.3 is 11.9 Å². The average molecular weight is 236 g/mol. The van der Waals surface area contributed by atoms with Crippen molar-refractivity contribution >= 4 is 11.9 Å². The SMILES string of the molecule is O=C1OCC/C1=C\OC(=O)c1ccc(F)cc1. The highest BCUT2D eigenvalue weighted by Gasteiger charge is 2.19. The van der Waals surface area contributed by atoms with Crippen LogP contribution in [0.4, 0.5) is 4.39 Å². The van der Waals surface area contributed by atoms with Gasteiger partial charge in [-0.15, -0.1) is 0 Å². The lowest BCUT2D eigenvalue weighted by Gasteiger charge is -1.99. The molecule has 1 heterocycles. The number of ether oxygens (including phenoxy) is 2. The van der Waals surface area contributed by atoms with Crippen LogP contribution in [-0.2, 0) is 14.3 Å². The summed E-state index contributed by atoms with van der Waals surface area (Å²) in [6.07, 6.45) is 1.51. The number of rotatable bonds is 2. The molecule has 0 atom stereocenters. The second-order valence-corrected chi connectivity index (χ2v) is 3.44. The Morgan fingerprint density at radius 3 is 2.65 bits per heavy atom. The van der Waals surface area contributed by atoms with Crippen molar-refractivity contribution in [3.05, 3.63) is 47.5 Å². The standard InChI is InChI=1S/C12H9FO4/c13-10-3-1-8(2-4-10)11(14)17-7-9-5-6-16-12(9)15/h1-4,7H,5-6H2/b9-7+. The molecule has 1 aromatic rings. The van der Waals surface area contributed by atoms with Crippen molar-refractivity contribution in [1.29, 1.82) is 0 Å². The number of hydrogen-bond acceptors (Lipinski definition) is 4. The van der Waals surface area contributed by atoms with Gasteiger partial charge in [-0.3, -0.25) is 0 Å². The summed E-state index contributed by atoms with van der Waals surface area (Å²) in [4.78, 5) is 22.5. The van der Waals surface area contributed by atoms with Crippen LogP contribution in [0.2, 0.25) is 0 Å². The second-order valence-electron chi connectivity index (χ2n) is 3.44. The molecule has 4 nitrogen and oxygen atoms in total. The van der Waals surface area contributed by atoms with Gasteiger partial charge in [-0.25, -0.2) is 14.0 Å². The van der Waals surface area contributed by atoms with Crippen LogP contribution >= 0.6 is 0 Å². The number of esters is 2. The summed E-state index contributed by atoms with van der Waals surface area (Å²) in [6, 6.07) is 4.94. The minimum atomic E-state index is -0.641. The third kappa shape index (κ3) is 2.69. The quantitative estimate of drug-likeness (QED) is 0.446. The third-order valence-corrected chi connectivity index (χ3v) is 2.25. The lowest BCUT2D eigenvalue weighted by Crippen LogP contribution is -2.03. The second kappa shape index (κ2) is 4.78. The molecule has 0 aromatic heterocycles. The Bertz CT molecular complexity index is 476. The predicted molar refractivity (Wildman–Crippen MR) is 55.5 cm³/mol. The van der Waals surface area contributed by atoms with Crippen molar-refractivity contribution in [3.63, 3.8) is 0 Å². The maximum absolute atomic E-state index is 12.6. The highest BCUT2D eigenvalue weighted by Crippen LogP contribution is 2.13. The topological polar surface area (TPSA) is 52.6 Å². The normalized spacial score (nSPS) is 17.0. The zero-order valence-electron chi connectivity index (χ0n) is 8.81. The van der Waals surface area contributed by atoms with E-state index in [0.29, 0.717) is 18.6 Å². The van der Waals surface area contributed by atoms with Crippen LogP contribution in [0.3, 0.4) is 0 Å². The molecule has 1 aromatic carbocycles. The van der Waals surface area contributed by atoms with Crippen LogP contribution in [0.5, 0.6) is 0 Å². The minimum Gasteiger partial charge on any atom is -0.462 e. The summed E-state index contributed by atoms with van der Waals surface area (Å²) in [6.45, 7) is 0.304. The molecule has 0 amide bonds. The van der Waals surface area contributed by atoms with Gasteiger partial charge in [0.25, 0.3) is 0 Å². The van der Waals surface area contributed by atoms with E-state index in [0.717, 1.165) is 18.4 Å². The Labute approximate surface area is 96.6 Å². The van der Waals surface area contributed by atoms with E-state index in [4.69, 9.17) is 4.74 Å². The highest BCUT2D eigenvalue weighted by molar-refractivity contribution is 5.92. The van der Waals surface area contributed by atoms with Crippen LogP contribution in [-0.4, -0.2) is 18.5 Å². The van der Waals surface area contributed by atoms with E-state index in [1.807, 2.05) is 0 Å². The summed E-state index contributed by atoms with van der Waals surface area (Å²) in [5.41, 5.74) is 0.537. The fraction of sp³-hybridized carbons (Fsp3) is 0.167. The highest BCUT2D eigenvalue weighted by atomic mass is 19.1. The number of cyclic esters (lactones) is 1. The molecular weight excluding hydrogens is 227 g/mol. The zero-order chi connectivity index (χ0) is 12.3. The Kier molecular flexibility index (Phi) is 3.18. The molecule has 0 N–H and O–H groups in total. The van der Waals surface area contributed by atoms with Gasteiger partial charge in [-0.2, -0.15) is 0 Å². The number of halogens is 1. The van der Waals surface area contributed by atoms with E-state index < -0.39 is 17.8 Å². The molecule has 0 radical (unpaired) electrons. The van der Waals surface area contributed by atoms with Gasteiger partial charge in [-0.1, -0.05) is 0 Å². The van der Waals surface area contributed by atoms with E-state index in [1.54, 1.807) is 0 Å². The van der Waals surface area contributed by atoms with E-state index in [9.17, 15) is 14.0 Å².